The molecule has 1 aliphatic carbocycles. The summed E-state index contributed by atoms with van der Waals surface area (Å²) in [6.45, 7) is 1.83. The molecule has 17 heavy (non-hydrogen) atoms. The normalized spacial score (nSPS) is 16.8. The van der Waals surface area contributed by atoms with Crippen molar-refractivity contribution in [1.82, 2.24) is 0 Å². The van der Waals surface area contributed by atoms with Gasteiger partial charge >= 0.3 is 5.97 Å². The molecule has 1 atom stereocenters. The first-order chi connectivity index (χ1) is 8.00. The summed E-state index contributed by atoms with van der Waals surface area (Å²) in [5.41, 5.74) is 1.55. The fourth-order valence-corrected chi connectivity index (χ4v) is 2.85. The Morgan fingerprint density at radius 3 is 2.71 bits per heavy atom. The summed E-state index contributed by atoms with van der Waals surface area (Å²) in [6, 6.07) is 3.70. The third-order valence-corrected chi connectivity index (χ3v) is 4.01. The molecule has 1 fully saturated rings. The Morgan fingerprint density at radius 1 is 1.53 bits per heavy atom. The van der Waals surface area contributed by atoms with Gasteiger partial charge in [0.15, 0.2) is 0 Å². The van der Waals surface area contributed by atoms with Crippen molar-refractivity contribution in [3.05, 3.63) is 27.7 Å². The highest BCUT2D eigenvalue weighted by molar-refractivity contribution is 9.10. The molecule has 0 amide bonds. The van der Waals surface area contributed by atoms with E-state index in [1.165, 1.54) is 0 Å². The molecule has 0 bridgehead atoms. The van der Waals surface area contributed by atoms with E-state index < -0.39 is 5.97 Å². The molecule has 2 rings (SSSR count). The molecule has 3 nitrogen and oxygen atoms in total. The molecule has 0 aliphatic heterocycles. The highest BCUT2D eigenvalue weighted by atomic mass is 79.9. The van der Waals surface area contributed by atoms with Crippen LogP contribution in [-0.4, -0.2) is 16.2 Å². The standard InChI is InChI=1S/C13H15BrO3/c1-7-2-5-10(14)12(13(7)17)9(6-11(15)16)8-3-4-8/h2,5,8-9,17H,3-4,6H2,1H3,(H,15,16). The van der Waals surface area contributed by atoms with Crippen LogP contribution >= 0.6 is 15.9 Å². The molecule has 1 unspecified atom stereocenters. The van der Waals surface area contributed by atoms with E-state index >= 15 is 0 Å². The van der Waals surface area contributed by atoms with Crippen LogP contribution < -0.4 is 0 Å². The third kappa shape index (κ3) is 2.63. The second-order valence-electron chi connectivity index (χ2n) is 4.67. The van der Waals surface area contributed by atoms with Crippen LogP contribution in [0.25, 0.3) is 0 Å². The van der Waals surface area contributed by atoms with E-state index in [4.69, 9.17) is 5.11 Å². The summed E-state index contributed by atoms with van der Waals surface area (Å²) in [5.74, 6) is -0.260. The van der Waals surface area contributed by atoms with Gasteiger partial charge in [0.05, 0.1) is 6.42 Å². The summed E-state index contributed by atoms with van der Waals surface area (Å²) < 4.78 is 0.804. The van der Waals surface area contributed by atoms with Gasteiger partial charge in [-0.05, 0) is 37.3 Å². The minimum atomic E-state index is -0.810. The second kappa shape index (κ2) is 4.69. The van der Waals surface area contributed by atoms with Gasteiger partial charge in [-0.15, -0.1) is 0 Å². The highest BCUT2D eigenvalue weighted by Crippen LogP contribution is 2.49. The molecule has 2 N–H and O–H groups in total. The lowest BCUT2D eigenvalue weighted by molar-refractivity contribution is -0.137. The number of phenols is 1. The monoisotopic (exact) mass is 298 g/mol. The fraction of sp³-hybridized carbons (Fsp3) is 0.462. The summed E-state index contributed by atoms with van der Waals surface area (Å²) in [4.78, 5) is 10.9. The van der Waals surface area contributed by atoms with Gasteiger partial charge in [-0.25, -0.2) is 0 Å². The number of carboxylic acids is 1. The first-order valence-electron chi connectivity index (χ1n) is 5.70. The SMILES string of the molecule is Cc1ccc(Br)c(C(CC(=O)O)C2CC2)c1O. The molecule has 1 saturated carbocycles. The van der Waals surface area contributed by atoms with E-state index in [2.05, 4.69) is 15.9 Å². The van der Waals surface area contributed by atoms with Gasteiger partial charge in [0, 0.05) is 16.0 Å². The Balaban J connectivity index is 2.41. The first kappa shape index (κ1) is 12.4. The Kier molecular flexibility index (Phi) is 3.43. The molecule has 0 aromatic heterocycles. The van der Waals surface area contributed by atoms with Gasteiger partial charge in [0.25, 0.3) is 0 Å². The predicted molar refractivity (Wildman–Crippen MR) is 68.3 cm³/mol. The molecule has 1 aromatic rings. The molecular weight excluding hydrogens is 284 g/mol. The van der Waals surface area contributed by atoms with Crippen molar-refractivity contribution in [1.29, 1.82) is 0 Å². The van der Waals surface area contributed by atoms with Crippen molar-refractivity contribution in [3.63, 3.8) is 0 Å². The average Bonchev–Trinajstić information content (AvgIpc) is 3.06. The van der Waals surface area contributed by atoms with Crippen LogP contribution in [0.3, 0.4) is 0 Å². The number of aromatic hydroxyl groups is 1. The van der Waals surface area contributed by atoms with Gasteiger partial charge in [-0.3, -0.25) is 4.79 Å². The van der Waals surface area contributed by atoms with Crippen molar-refractivity contribution in [2.45, 2.75) is 32.1 Å². The fourth-order valence-electron chi connectivity index (χ4n) is 2.24. The molecule has 1 aromatic carbocycles. The Bertz CT molecular complexity index is 452. The molecular formula is C13H15BrO3. The number of halogens is 1. The van der Waals surface area contributed by atoms with E-state index in [1.54, 1.807) is 0 Å². The van der Waals surface area contributed by atoms with Gasteiger partial charge in [0.2, 0.25) is 0 Å². The Labute approximate surface area is 109 Å². The number of carbonyl (C=O) groups is 1. The molecule has 0 saturated heterocycles. The summed E-state index contributed by atoms with van der Waals surface area (Å²) in [7, 11) is 0. The summed E-state index contributed by atoms with van der Waals surface area (Å²) in [6.07, 6.45) is 2.19. The van der Waals surface area contributed by atoms with Crippen molar-refractivity contribution in [2.75, 3.05) is 0 Å². The number of benzene rings is 1. The largest absolute Gasteiger partial charge is 0.507 e. The van der Waals surface area contributed by atoms with E-state index in [0.717, 1.165) is 28.4 Å². The minimum absolute atomic E-state index is 0.0817. The van der Waals surface area contributed by atoms with E-state index in [-0.39, 0.29) is 18.1 Å². The molecule has 0 radical (unpaired) electrons. The maximum Gasteiger partial charge on any atom is 0.303 e. The van der Waals surface area contributed by atoms with Crippen molar-refractivity contribution < 1.29 is 15.0 Å². The number of carboxylic acid groups (broad SMARTS) is 1. The zero-order chi connectivity index (χ0) is 12.6. The summed E-state index contributed by atoms with van der Waals surface area (Å²) in [5, 5.41) is 19.1. The maximum atomic E-state index is 10.9. The lowest BCUT2D eigenvalue weighted by Gasteiger charge is -2.19. The molecule has 0 spiro atoms. The van der Waals surface area contributed by atoms with Crippen LogP contribution in [0, 0.1) is 12.8 Å². The Morgan fingerprint density at radius 2 is 2.18 bits per heavy atom. The van der Waals surface area contributed by atoms with Crippen LogP contribution in [0.1, 0.15) is 36.3 Å². The number of aliphatic carboxylic acids is 1. The van der Waals surface area contributed by atoms with Crippen molar-refractivity contribution >= 4 is 21.9 Å². The lowest BCUT2D eigenvalue weighted by Crippen LogP contribution is -2.09. The number of hydrogen-bond acceptors (Lipinski definition) is 2. The minimum Gasteiger partial charge on any atom is -0.507 e. The topological polar surface area (TPSA) is 57.5 Å². The number of phenolic OH excluding ortho intramolecular Hbond substituents is 1. The second-order valence-corrected chi connectivity index (χ2v) is 5.52. The predicted octanol–water partition coefficient (Wildman–Crippen LogP) is 3.43. The maximum absolute atomic E-state index is 10.9. The Hall–Kier alpha value is -1.03. The summed E-state index contributed by atoms with van der Waals surface area (Å²) >= 11 is 3.41. The van der Waals surface area contributed by atoms with Crippen molar-refractivity contribution in [3.8, 4) is 5.75 Å². The van der Waals surface area contributed by atoms with Gasteiger partial charge in [0.1, 0.15) is 5.75 Å². The van der Waals surface area contributed by atoms with Gasteiger partial charge in [-0.1, -0.05) is 22.0 Å². The van der Waals surface area contributed by atoms with E-state index in [0.29, 0.717) is 5.92 Å². The number of aryl methyl sites for hydroxylation is 1. The van der Waals surface area contributed by atoms with Gasteiger partial charge in [-0.2, -0.15) is 0 Å². The molecule has 0 heterocycles. The third-order valence-electron chi connectivity index (χ3n) is 3.32. The quantitative estimate of drug-likeness (QED) is 0.895. The van der Waals surface area contributed by atoms with Crippen LogP contribution in [0.5, 0.6) is 5.75 Å². The first-order valence-corrected chi connectivity index (χ1v) is 6.49. The zero-order valence-electron chi connectivity index (χ0n) is 9.61. The van der Waals surface area contributed by atoms with Crippen LogP contribution in [-0.2, 0) is 4.79 Å². The van der Waals surface area contributed by atoms with Gasteiger partial charge < -0.3 is 10.2 Å². The average molecular weight is 299 g/mol. The molecule has 92 valence electrons. The molecule has 1 aliphatic rings. The van der Waals surface area contributed by atoms with Crippen LogP contribution in [0.15, 0.2) is 16.6 Å². The van der Waals surface area contributed by atoms with Crippen molar-refractivity contribution in [2.24, 2.45) is 5.92 Å². The molecule has 4 heteroatoms. The zero-order valence-corrected chi connectivity index (χ0v) is 11.2. The number of hydrogen-bond donors (Lipinski definition) is 2. The van der Waals surface area contributed by atoms with Crippen LogP contribution in [0.2, 0.25) is 0 Å². The van der Waals surface area contributed by atoms with Crippen LogP contribution in [0.4, 0.5) is 0 Å². The van der Waals surface area contributed by atoms with E-state index in [9.17, 15) is 9.90 Å². The number of rotatable bonds is 4. The smallest absolute Gasteiger partial charge is 0.303 e. The highest BCUT2D eigenvalue weighted by Gasteiger charge is 2.36. The lowest BCUT2D eigenvalue weighted by atomic mass is 9.89. The van der Waals surface area contributed by atoms with E-state index in [1.807, 2.05) is 19.1 Å².